The molecule has 0 bridgehead atoms. The third-order valence-electron chi connectivity index (χ3n) is 4.63. The molecule has 2 aromatic rings. The molecular formula is C19H24N4O4. The number of esters is 1. The fourth-order valence-electron chi connectivity index (χ4n) is 3.14. The summed E-state index contributed by atoms with van der Waals surface area (Å²) in [6, 6.07) is 3.52. The Morgan fingerprint density at radius 2 is 1.93 bits per heavy atom. The van der Waals surface area contributed by atoms with Crippen LogP contribution in [0, 0.1) is 6.92 Å². The molecular weight excluding hydrogens is 348 g/mol. The van der Waals surface area contributed by atoms with Crippen LogP contribution in [0.4, 0.5) is 5.82 Å². The molecule has 8 nitrogen and oxygen atoms in total. The molecule has 27 heavy (non-hydrogen) atoms. The average Bonchev–Trinajstić information content (AvgIpc) is 3.08. The fourth-order valence-corrected chi connectivity index (χ4v) is 3.14. The fraction of sp³-hybridized carbons (Fsp3) is 0.474. The number of carbonyl (C=O) groups excluding carboxylic acids is 2. The first kappa shape index (κ1) is 18.9. The van der Waals surface area contributed by atoms with Crippen molar-refractivity contribution in [2.45, 2.75) is 27.2 Å². The predicted octanol–water partition coefficient (Wildman–Crippen LogP) is 2.08. The minimum Gasteiger partial charge on any atom is -0.462 e. The van der Waals surface area contributed by atoms with Crippen LogP contribution in [-0.2, 0) is 11.2 Å². The Balaban J connectivity index is 1.62. The summed E-state index contributed by atoms with van der Waals surface area (Å²) in [6.07, 6.45) is 2.19. The molecule has 0 unspecified atom stereocenters. The molecule has 1 saturated heterocycles. The van der Waals surface area contributed by atoms with E-state index in [2.05, 4.69) is 15.0 Å². The van der Waals surface area contributed by atoms with Gasteiger partial charge < -0.3 is 19.1 Å². The van der Waals surface area contributed by atoms with Crippen molar-refractivity contribution in [2.24, 2.45) is 0 Å². The molecule has 0 radical (unpaired) electrons. The zero-order valence-electron chi connectivity index (χ0n) is 15.9. The second-order valence-corrected chi connectivity index (χ2v) is 6.32. The van der Waals surface area contributed by atoms with Gasteiger partial charge in [0.25, 0.3) is 5.91 Å². The molecule has 144 valence electrons. The quantitative estimate of drug-likeness (QED) is 0.742. The van der Waals surface area contributed by atoms with Gasteiger partial charge in [0.05, 0.1) is 17.9 Å². The van der Waals surface area contributed by atoms with Gasteiger partial charge in [-0.3, -0.25) is 4.79 Å². The first-order valence-electron chi connectivity index (χ1n) is 9.17. The Hall–Kier alpha value is -2.90. The summed E-state index contributed by atoms with van der Waals surface area (Å²) in [7, 11) is 0. The summed E-state index contributed by atoms with van der Waals surface area (Å²) in [5, 5.41) is 3.97. The molecule has 1 aliphatic rings. The smallest absolute Gasteiger partial charge is 0.339 e. The van der Waals surface area contributed by atoms with Gasteiger partial charge >= 0.3 is 5.97 Å². The molecule has 0 atom stereocenters. The number of aromatic nitrogens is 2. The second-order valence-electron chi connectivity index (χ2n) is 6.32. The molecule has 0 aromatic carbocycles. The summed E-state index contributed by atoms with van der Waals surface area (Å²) < 4.78 is 10.1. The molecule has 0 spiro atoms. The van der Waals surface area contributed by atoms with Gasteiger partial charge in [-0.15, -0.1) is 0 Å². The van der Waals surface area contributed by atoms with Gasteiger partial charge in [0, 0.05) is 32.4 Å². The van der Waals surface area contributed by atoms with Crippen molar-refractivity contribution in [2.75, 3.05) is 37.7 Å². The highest BCUT2D eigenvalue weighted by molar-refractivity contribution is 5.96. The zero-order valence-corrected chi connectivity index (χ0v) is 15.9. The van der Waals surface area contributed by atoms with Gasteiger partial charge in [-0.05, 0) is 32.4 Å². The predicted molar refractivity (Wildman–Crippen MR) is 98.9 cm³/mol. The van der Waals surface area contributed by atoms with E-state index in [1.54, 1.807) is 19.9 Å². The van der Waals surface area contributed by atoms with E-state index in [1.165, 1.54) is 6.20 Å². The van der Waals surface area contributed by atoms with Crippen molar-refractivity contribution in [3.8, 4) is 0 Å². The van der Waals surface area contributed by atoms with E-state index in [0.717, 1.165) is 5.82 Å². The van der Waals surface area contributed by atoms with E-state index in [4.69, 9.17) is 9.26 Å². The minimum absolute atomic E-state index is 0.0316. The maximum Gasteiger partial charge on any atom is 0.339 e. The molecule has 1 fully saturated rings. The number of ether oxygens (including phenoxy) is 1. The molecule has 1 amide bonds. The monoisotopic (exact) mass is 372 g/mol. The summed E-state index contributed by atoms with van der Waals surface area (Å²) in [6.45, 7) is 8.35. The summed E-state index contributed by atoms with van der Waals surface area (Å²) >= 11 is 0. The average molecular weight is 372 g/mol. The summed E-state index contributed by atoms with van der Waals surface area (Å²) in [4.78, 5) is 32.8. The maximum atomic E-state index is 12.8. The molecule has 3 rings (SSSR count). The number of hydrogen-bond acceptors (Lipinski definition) is 7. The van der Waals surface area contributed by atoms with Crippen molar-refractivity contribution < 1.29 is 18.8 Å². The number of amides is 1. The number of hydrogen-bond donors (Lipinski definition) is 0. The molecule has 0 saturated carbocycles. The van der Waals surface area contributed by atoms with Gasteiger partial charge in [-0.25, -0.2) is 9.78 Å². The number of carbonyl (C=O) groups is 2. The number of rotatable bonds is 5. The second kappa shape index (κ2) is 8.20. The highest BCUT2D eigenvalue weighted by Crippen LogP contribution is 2.19. The normalized spacial score (nSPS) is 14.3. The summed E-state index contributed by atoms with van der Waals surface area (Å²) in [5.41, 5.74) is 1.73. The van der Waals surface area contributed by atoms with Gasteiger partial charge in [0.1, 0.15) is 17.1 Å². The molecule has 0 aliphatic carbocycles. The van der Waals surface area contributed by atoms with Crippen molar-refractivity contribution >= 4 is 17.7 Å². The van der Waals surface area contributed by atoms with E-state index < -0.39 is 0 Å². The van der Waals surface area contributed by atoms with Crippen molar-refractivity contribution in [1.29, 1.82) is 0 Å². The first-order chi connectivity index (χ1) is 13.0. The third kappa shape index (κ3) is 3.94. The topological polar surface area (TPSA) is 88.8 Å². The maximum absolute atomic E-state index is 12.8. The van der Waals surface area contributed by atoms with Crippen LogP contribution in [0.3, 0.4) is 0 Å². The van der Waals surface area contributed by atoms with Crippen LogP contribution in [0.25, 0.3) is 0 Å². The Morgan fingerprint density at radius 3 is 2.52 bits per heavy atom. The van der Waals surface area contributed by atoms with E-state index >= 15 is 0 Å². The SMILES string of the molecule is CCOC(=O)c1ccc(N2CCN(C(=O)c3c(CC)noc3C)CC2)nc1. The van der Waals surface area contributed by atoms with Crippen LogP contribution in [0.5, 0.6) is 0 Å². The highest BCUT2D eigenvalue weighted by Gasteiger charge is 2.27. The van der Waals surface area contributed by atoms with E-state index in [1.807, 2.05) is 17.9 Å². The lowest BCUT2D eigenvalue weighted by Gasteiger charge is -2.35. The van der Waals surface area contributed by atoms with E-state index in [9.17, 15) is 9.59 Å². The first-order valence-corrected chi connectivity index (χ1v) is 9.17. The van der Waals surface area contributed by atoms with Crippen LogP contribution in [-0.4, -0.2) is 59.7 Å². The van der Waals surface area contributed by atoms with Crippen LogP contribution in [0.15, 0.2) is 22.9 Å². The molecule has 1 aliphatic heterocycles. The van der Waals surface area contributed by atoms with Crippen LogP contribution in [0.2, 0.25) is 0 Å². The largest absolute Gasteiger partial charge is 0.462 e. The molecule has 0 N–H and O–H groups in total. The lowest BCUT2D eigenvalue weighted by atomic mass is 10.1. The standard InChI is InChI=1S/C19H24N4O4/c1-4-15-17(13(3)27-21-15)18(24)23-10-8-22(9-11-23)16-7-6-14(12-20-16)19(25)26-5-2/h6-7,12H,4-5,8-11H2,1-3H3. The summed E-state index contributed by atoms with van der Waals surface area (Å²) in [5.74, 6) is 0.944. The lowest BCUT2D eigenvalue weighted by Crippen LogP contribution is -2.49. The van der Waals surface area contributed by atoms with Crippen molar-refractivity contribution in [3.63, 3.8) is 0 Å². The van der Waals surface area contributed by atoms with Crippen LogP contribution >= 0.6 is 0 Å². The Kier molecular flexibility index (Phi) is 5.73. The Morgan fingerprint density at radius 1 is 1.19 bits per heavy atom. The number of pyridine rings is 1. The molecule has 3 heterocycles. The third-order valence-corrected chi connectivity index (χ3v) is 4.63. The number of aryl methyl sites for hydroxylation is 2. The van der Waals surface area contributed by atoms with E-state index in [0.29, 0.717) is 61.8 Å². The van der Waals surface area contributed by atoms with Crippen LogP contribution < -0.4 is 4.90 Å². The van der Waals surface area contributed by atoms with Crippen molar-refractivity contribution in [1.82, 2.24) is 15.0 Å². The number of nitrogens with zero attached hydrogens (tertiary/aromatic N) is 4. The Bertz CT molecular complexity index is 808. The van der Waals surface area contributed by atoms with Gasteiger partial charge in [-0.1, -0.05) is 12.1 Å². The van der Waals surface area contributed by atoms with Crippen molar-refractivity contribution in [3.05, 3.63) is 40.9 Å². The van der Waals surface area contributed by atoms with Crippen LogP contribution in [0.1, 0.15) is 46.0 Å². The van der Waals surface area contributed by atoms with E-state index in [-0.39, 0.29) is 11.9 Å². The highest BCUT2D eigenvalue weighted by atomic mass is 16.5. The zero-order chi connectivity index (χ0) is 19.4. The number of piperazine rings is 1. The Labute approximate surface area is 158 Å². The van der Waals surface area contributed by atoms with Gasteiger partial charge in [0.15, 0.2) is 0 Å². The molecule has 8 heteroatoms. The number of anilines is 1. The van der Waals surface area contributed by atoms with Gasteiger partial charge in [-0.2, -0.15) is 0 Å². The van der Waals surface area contributed by atoms with Gasteiger partial charge in [0.2, 0.25) is 0 Å². The minimum atomic E-state index is -0.372. The molecule has 2 aromatic heterocycles. The lowest BCUT2D eigenvalue weighted by molar-refractivity contribution is 0.0525.